The fourth-order valence-corrected chi connectivity index (χ4v) is 3.92. The van der Waals surface area contributed by atoms with Gasteiger partial charge in [0.15, 0.2) is 0 Å². The summed E-state index contributed by atoms with van der Waals surface area (Å²) in [5.74, 6) is 0.846. The second kappa shape index (κ2) is 9.15. The van der Waals surface area contributed by atoms with Crippen LogP contribution >= 0.6 is 0 Å². The lowest BCUT2D eigenvalue weighted by molar-refractivity contribution is 0.415. The van der Waals surface area contributed by atoms with Crippen molar-refractivity contribution in [2.24, 2.45) is 0 Å². The topological polar surface area (TPSA) is 28.6 Å². The van der Waals surface area contributed by atoms with Crippen molar-refractivity contribution in [2.75, 3.05) is 45.1 Å². The molecule has 0 fully saturated rings. The normalized spacial score (nSPS) is 10.7. The fourth-order valence-electron chi connectivity index (χ4n) is 3.92. The first-order valence-electron chi connectivity index (χ1n) is 10.7. The number of benzene rings is 3. The molecule has 0 unspecified atom stereocenters. The van der Waals surface area contributed by atoms with Crippen LogP contribution in [-0.2, 0) is 0 Å². The van der Waals surface area contributed by atoms with Crippen molar-refractivity contribution in [1.29, 1.82) is 0 Å². The minimum Gasteiger partial charge on any atom is -0.497 e. The number of anilines is 2. The van der Waals surface area contributed by atoms with Crippen molar-refractivity contribution in [3.05, 3.63) is 84.9 Å². The van der Waals surface area contributed by atoms with E-state index < -0.39 is 0 Å². The molecule has 4 nitrogen and oxygen atoms in total. The van der Waals surface area contributed by atoms with Gasteiger partial charge in [0.05, 0.1) is 18.5 Å². The maximum Gasteiger partial charge on any atom is 0.118 e. The van der Waals surface area contributed by atoms with E-state index in [0.29, 0.717) is 0 Å². The van der Waals surface area contributed by atoms with Crippen LogP contribution in [0.2, 0.25) is 0 Å². The number of aromatic nitrogens is 1. The van der Waals surface area contributed by atoms with E-state index in [1.165, 1.54) is 0 Å². The molecule has 0 saturated carbocycles. The van der Waals surface area contributed by atoms with E-state index >= 15 is 0 Å². The zero-order valence-corrected chi connectivity index (χ0v) is 19.3. The van der Waals surface area contributed by atoms with Gasteiger partial charge in [0.25, 0.3) is 0 Å². The van der Waals surface area contributed by atoms with Crippen molar-refractivity contribution >= 4 is 11.4 Å². The predicted molar refractivity (Wildman–Crippen MR) is 136 cm³/mol. The van der Waals surface area contributed by atoms with E-state index in [1.54, 1.807) is 7.11 Å². The van der Waals surface area contributed by atoms with Gasteiger partial charge in [0.2, 0.25) is 0 Å². The molecule has 0 aliphatic heterocycles. The van der Waals surface area contributed by atoms with Crippen LogP contribution in [0.4, 0.5) is 11.4 Å². The van der Waals surface area contributed by atoms with E-state index in [4.69, 9.17) is 9.72 Å². The summed E-state index contributed by atoms with van der Waals surface area (Å²) < 4.78 is 5.35. The van der Waals surface area contributed by atoms with Gasteiger partial charge in [0.1, 0.15) is 5.75 Å². The first kappa shape index (κ1) is 21.4. The monoisotopic (exact) mass is 423 g/mol. The Morgan fingerprint density at radius 3 is 1.50 bits per heavy atom. The van der Waals surface area contributed by atoms with E-state index in [1.807, 2.05) is 12.1 Å². The molecule has 0 aliphatic carbocycles. The van der Waals surface area contributed by atoms with Gasteiger partial charge in [-0.05, 0) is 47.5 Å². The lowest BCUT2D eigenvalue weighted by atomic mass is 9.98. The second-order valence-electron chi connectivity index (χ2n) is 8.18. The third kappa shape index (κ3) is 4.30. The molecule has 0 spiro atoms. The van der Waals surface area contributed by atoms with Crippen LogP contribution in [0.3, 0.4) is 0 Å². The molecule has 0 aliphatic rings. The molecule has 3 aromatic carbocycles. The summed E-state index contributed by atoms with van der Waals surface area (Å²) in [5.41, 5.74) is 8.64. The first-order chi connectivity index (χ1) is 15.5. The molecule has 4 rings (SSSR count). The SMILES string of the molecule is COc1ccc(-c2cc(-c3ccccc3N(C)C)nc(-c3ccccc3N(C)C)c2)cc1. The third-order valence-corrected chi connectivity index (χ3v) is 5.57. The van der Waals surface area contributed by atoms with Crippen LogP contribution in [0, 0.1) is 0 Å². The van der Waals surface area contributed by atoms with Crippen molar-refractivity contribution in [1.82, 2.24) is 4.98 Å². The highest BCUT2D eigenvalue weighted by Crippen LogP contribution is 2.36. The van der Waals surface area contributed by atoms with Crippen LogP contribution in [0.1, 0.15) is 0 Å². The van der Waals surface area contributed by atoms with Gasteiger partial charge in [-0.15, -0.1) is 0 Å². The predicted octanol–water partition coefficient (Wildman–Crippen LogP) is 6.22. The Balaban J connectivity index is 1.96. The van der Waals surface area contributed by atoms with Gasteiger partial charge in [-0.25, -0.2) is 4.98 Å². The summed E-state index contributed by atoms with van der Waals surface area (Å²) in [6, 6.07) is 29.3. The molecular formula is C28H29N3O. The summed E-state index contributed by atoms with van der Waals surface area (Å²) in [5, 5.41) is 0. The molecule has 1 aromatic heterocycles. The Morgan fingerprint density at radius 2 is 1.06 bits per heavy atom. The number of hydrogen-bond acceptors (Lipinski definition) is 4. The van der Waals surface area contributed by atoms with Crippen molar-refractivity contribution in [2.45, 2.75) is 0 Å². The quantitative estimate of drug-likeness (QED) is 0.368. The van der Waals surface area contributed by atoms with Crippen LogP contribution in [-0.4, -0.2) is 40.3 Å². The van der Waals surface area contributed by atoms with E-state index in [9.17, 15) is 0 Å². The zero-order chi connectivity index (χ0) is 22.7. The average Bonchev–Trinajstić information content (AvgIpc) is 2.83. The van der Waals surface area contributed by atoms with Gasteiger partial charge in [-0.2, -0.15) is 0 Å². The maximum absolute atomic E-state index is 5.35. The Kier molecular flexibility index (Phi) is 6.13. The molecule has 0 radical (unpaired) electrons. The lowest BCUT2D eigenvalue weighted by Gasteiger charge is -2.20. The number of methoxy groups -OCH3 is 1. The summed E-state index contributed by atoms with van der Waals surface area (Å²) in [6.45, 7) is 0. The van der Waals surface area contributed by atoms with E-state index in [-0.39, 0.29) is 0 Å². The van der Waals surface area contributed by atoms with Crippen LogP contribution < -0.4 is 14.5 Å². The van der Waals surface area contributed by atoms with Crippen LogP contribution in [0.5, 0.6) is 5.75 Å². The van der Waals surface area contributed by atoms with E-state index in [0.717, 1.165) is 50.8 Å². The molecule has 4 aromatic rings. The second-order valence-corrected chi connectivity index (χ2v) is 8.18. The van der Waals surface area contributed by atoms with Gasteiger partial charge < -0.3 is 14.5 Å². The van der Waals surface area contributed by atoms with Crippen molar-refractivity contribution in [3.8, 4) is 39.4 Å². The molecule has 4 heteroatoms. The highest BCUT2D eigenvalue weighted by Gasteiger charge is 2.15. The van der Waals surface area contributed by atoms with Crippen molar-refractivity contribution < 1.29 is 4.74 Å². The number of ether oxygens (including phenoxy) is 1. The largest absolute Gasteiger partial charge is 0.497 e. The molecule has 0 saturated heterocycles. The van der Waals surface area contributed by atoms with Crippen LogP contribution in [0.25, 0.3) is 33.6 Å². The molecule has 32 heavy (non-hydrogen) atoms. The summed E-state index contributed by atoms with van der Waals surface area (Å²) in [7, 11) is 9.94. The molecule has 0 amide bonds. The summed E-state index contributed by atoms with van der Waals surface area (Å²) in [4.78, 5) is 9.40. The Bertz CT molecular complexity index is 1140. The number of pyridine rings is 1. The highest BCUT2D eigenvalue weighted by molar-refractivity contribution is 5.85. The molecule has 0 bridgehead atoms. The standard InChI is InChI=1S/C28H29N3O/c1-30(2)27-12-8-6-10-23(27)25-18-21(20-14-16-22(32-5)17-15-20)19-26(29-25)24-11-7-9-13-28(24)31(3)4/h6-19H,1-5H3. The average molecular weight is 424 g/mol. The number of rotatable bonds is 6. The number of hydrogen-bond donors (Lipinski definition) is 0. The molecule has 0 N–H and O–H groups in total. The zero-order valence-electron chi connectivity index (χ0n) is 19.3. The molecule has 162 valence electrons. The van der Waals surface area contributed by atoms with Gasteiger partial charge in [-0.1, -0.05) is 48.5 Å². The minimum absolute atomic E-state index is 0.846. The maximum atomic E-state index is 5.35. The molecule has 1 heterocycles. The van der Waals surface area contributed by atoms with Gasteiger partial charge >= 0.3 is 0 Å². The van der Waals surface area contributed by atoms with Gasteiger partial charge in [-0.3, -0.25) is 0 Å². The molecule has 0 atom stereocenters. The third-order valence-electron chi connectivity index (χ3n) is 5.57. The van der Waals surface area contributed by atoms with Gasteiger partial charge in [0, 0.05) is 50.7 Å². The summed E-state index contributed by atoms with van der Waals surface area (Å²) >= 11 is 0. The lowest BCUT2D eigenvalue weighted by Crippen LogP contribution is -2.11. The number of nitrogens with zero attached hydrogens (tertiary/aromatic N) is 3. The van der Waals surface area contributed by atoms with E-state index in [2.05, 4.69) is 111 Å². The van der Waals surface area contributed by atoms with Crippen LogP contribution in [0.15, 0.2) is 84.9 Å². The summed E-state index contributed by atoms with van der Waals surface area (Å²) in [6.07, 6.45) is 0. The number of para-hydroxylation sites is 2. The first-order valence-corrected chi connectivity index (χ1v) is 10.7. The Hall–Kier alpha value is -3.79. The van der Waals surface area contributed by atoms with Crippen molar-refractivity contribution in [3.63, 3.8) is 0 Å². The Morgan fingerprint density at radius 1 is 0.594 bits per heavy atom. The fraction of sp³-hybridized carbons (Fsp3) is 0.179. The highest BCUT2D eigenvalue weighted by atomic mass is 16.5. The minimum atomic E-state index is 0.846. The molecular weight excluding hydrogens is 394 g/mol. The smallest absolute Gasteiger partial charge is 0.118 e. The Labute approximate surface area is 190 Å².